The van der Waals surface area contributed by atoms with E-state index in [9.17, 15) is 19.2 Å². The molecule has 4 aromatic rings. The van der Waals surface area contributed by atoms with Gasteiger partial charge in [0.05, 0.1) is 11.5 Å². The summed E-state index contributed by atoms with van der Waals surface area (Å²) in [6.45, 7) is 5.50. The smallest absolute Gasteiger partial charge is 0.294 e. The topological polar surface area (TPSA) is 114 Å². The standard InChI is InChI=1S/C34H31N3O6S/c1-4-42-29-17-23(13-15-28(29)43-20-32(39)35-25-14-12-21(2)22(3)16-25)18-30-33(40)37(34(41)44-30)19-31(38)36-27-11-7-9-24-8-5-6-10-26(24)27/h5-18H,4,19-20H2,1-3H3,(H,35,39)(H,36,38)/b30-18+. The van der Waals surface area contributed by atoms with Gasteiger partial charge in [0.15, 0.2) is 18.1 Å². The van der Waals surface area contributed by atoms with Crippen molar-refractivity contribution in [3.05, 3.63) is 100 Å². The Balaban J connectivity index is 1.23. The average molecular weight is 610 g/mol. The van der Waals surface area contributed by atoms with Crippen LogP contribution in [-0.2, 0) is 14.4 Å². The lowest BCUT2D eigenvalue weighted by Gasteiger charge is -2.14. The highest BCUT2D eigenvalue weighted by molar-refractivity contribution is 8.18. The van der Waals surface area contributed by atoms with Crippen LogP contribution in [0.15, 0.2) is 83.8 Å². The molecule has 1 fully saturated rings. The van der Waals surface area contributed by atoms with Crippen LogP contribution in [0, 0.1) is 13.8 Å². The number of anilines is 2. The van der Waals surface area contributed by atoms with Crippen molar-refractivity contribution in [1.29, 1.82) is 0 Å². The van der Waals surface area contributed by atoms with Crippen LogP contribution < -0.4 is 20.1 Å². The highest BCUT2D eigenvalue weighted by atomic mass is 32.2. The largest absolute Gasteiger partial charge is 0.490 e. The predicted molar refractivity (Wildman–Crippen MR) is 173 cm³/mol. The zero-order chi connectivity index (χ0) is 31.2. The van der Waals surface area contributed by atoms with Gasteiger partial charge in [-0.05, 0) is 91.0 Å². The van der Waals surface area contributed by atoms with Gasteiger partial charge in [0, 0.05) is 16.8 Å². The van der Waals surface area contributed by atoms with E-state index in [1.807, 2.05) is 75.4 Å². The highest BCUT2D eigenvalue weighted by Crippen LogP contribution is 2.35. The van der Waals surface area contributed by atoms with Crippen molar-refractivity contribution in [2.75, 3.05) is 30.4 Å². The third-order valence-electron chi connectivity index (χ3n) is 6.95. The summed E-state index contributed by atoms with van der Waals surface area (Å²) in [4.78, 5) is 52.2. The number of imide groups is 1. The molecule has 1 aliphatic heterocycles. The Morgan fingerprint density at radius 2 is 1.64 bits per heavy atom. The van der Waals surface area contributed by atoms with Crippen LogP contribution in [0.25, 0.3) is 16.8 Å². The van der Waals surface area contributed by atoms with Gasteiger partial charge < -0.3 is 20.1 Å². The summed E-state index contributed by atoms with van der Waals surface area (Å²) >= 11 is 0.761. The number of ether oxygens (including phenoxy) is 2. The number of amides is 4. The summed E-state index contributed by atoms with van der Waals surface area (Å²) in [5.41, 5.74) is 4.07. The van der Waals surface area contributed by atoms with Gasteiger partial charge >= 0.3 is 0 Å². The minimum absolute atomic E-state index is 0.178. The Labute approximate surface area is 259 Å². The van der Waals surface area contributed by atoms with Crippen molar-refractivity contribution in [3.8, 4) is 11.5 Å². The Morgan fingerprint density at radius 1 is 0.841 bits per heavy atom. The third kappa shape index (κ3) is 7.09. The molecule has 0 radical (unpaired) electrons. The van der Waals surface area contributed by atoms with Gasteiger partial charge in [0.1, 0.15) is 6.54 Å². The third-order valence-corrected chi connectivity index (χ3v) is 7.86. The van der Waals surface area contributed by atoms with Crippen molar-refractivity contribution in [1.82, 2.24) is 4.90 Å². The second-order valence-corrected chi connectivity index (χ2v) is 11.1. The van der Waals surface area contributed by atoms with E-state index in [2.05, 4.69) is 10.6 Å². The number of carbonyl (C=O) groups is 4. The fraction of sp³-hybridized carbons (Fsp3) is 0.176. The number of aryl methyl sites for hydroxylation is 2. The van der Waals surface area contributed by atoms with Crippen molar-refractivity contribution in [2.24, 2.45) is 0 Å². The number of nitrogens with zero attached hydrogens (tertiary/aromatic N) is 1. The Morgan fingerprint density at radius 3 is 2.43 bits per heavy atom. The quantitative estimate of drug-likeness (QED) is 0.196. The minimum Gasteiger partial charge on any atom is -0.490 e. The summed E-state index contributed by atoms with van der Waals surface area (Å²) in [5, 5.41) is 6.92. The van der Waals surface area contributed by atoms with Crippen LogP contribution in [-0.4, -0.2) is 47.6 Å². The number of carbonyl (C=O) groups excluding carboxylic acids is 4. The lowest BCUT2D eigenvalue weighted by atomic mass is 10.1. The molecule has 0 unspecified atom stereocenters. The number of fused-ring (bicyclic) bond motifs is 1. The van der Waals surface area contributed by atoms with E-state index >= 15 is 0 Å². The van der Waals surface area contributed by atoms with E-state index in [0.29, 0.717) is 35.0 Å². The van der Waals surface area contributed by atoms with Gasteiger partial charge in [0.25, 0.3) is 17.1 Å². The molecule has 0 bridgehead atoms. The summed E-state index contributed by atoms with van der Waals surface area (Å²) in [6.07, 6.45) is 1.56. The van der Waals surface area contributed by atoms with Gasteiger partial charge in [-0.25, -0.2) is 0 Å². The molecule has 5 rings (SSSR count). The van der Waals surface area contributed by atoms with Gasteiger partial charge in [-0.3, -0.25) is 24.1 Å². The highest BCUT2D eigenvalue weighted by Gasteiger charge is 2.36. The first-order valence-electron chi connectivity index (χ1n) is 14.0. The molecule has 44 heavy (non-hydrogen) atoms. The van der Waals surface area contributed by atoms with E-state index in [0.717, 1.165) is 38.6 Å². The molecular formula is C34H31N3O6S. The molecule has 4 amide bonds. The molecule has 1 saturated heterocycles. The minimum atomic E-state index is -0.561. The maximum absolute atomic E-state index is 13.1. The summed E-state index contributed by atoms with van der Waals surface area (Å²) < 4.78 is 11.5. The lowest BCUT2D eigenvalue weighted by molar-refractivity contribution is -0.127. The predicted octanol–water partition coefficient (Wildman–Crippen LogP) is 6.55. The van der Waals surface area contributed by atoms with Gasteiger partial charge in [-0.2, -0.15) is 0 Å². The van der Waals surface area contributed by atoms with Crippen LogP contribution in [0.4, 0.5) is 16.2 Å². The van der Waals surface area contributed by atoms with E-state index in [1.165, 1.54) is 0 Å². The molecule has 2 N–H and O–H groups in total. The molecule has 0 aliphatic carbocycles. The molecule has 9 nitrogen and oxygen atoms in total. The zero-order valence-corrected chi connectivity index (χ0v) is 25.3. The van der Waals surface area contributed by atoms with E-state index < -0.39 is 23.6 Å². The van der Waals surface area contributed by atoms with Gasteiger partial charge in [-0.15, -0.1) is 0 Å². The fourth-order valence-electron chi connectivity index (χ4n) is 4.62. The number of hydrogen-bond acceptors (Lipinski definition) is 7. The molecule has 224 valence electrons. The monoisotopic (exact) mass is 609 g/mol. The first-order valence-corrected chi connectivity index (χ1v) is 14.8. The van der Waals surface area contributed by atoms with Crippen LogP contribution in [0.2, 0.25) is 0 Å². The number of hydrogen-bond donors (Lipinski definition) is 2. The van der Waals surface area contributed by atoms with Crippen molar-refractivity contribution in [3.63, 3.8) is 0 Å². The SMILES string of the molecule is CCOc1cc(/C=C2/SC(=O)N(CC(=O)Nc3cccc4ccccc34)C2=O)ccc1OCC(=O)Nc1ccc(C)c(C)c1. The van der Waals surface area contributed by atoms with Crippen molar-refractivity contribution >= 4 is 62.9 Å². The molecule has 0 aromatic heterocycles. The zero-order valence-electron chi connectivity index (χ0n) is 24.5. The Bertz CT molecular complexity index is 1800. The Kier molecular flexibility index (Phi) is 9.30. The van der Waals surface area contributed by atoms with E-state index in [-0.39, 0.29) is 17.4 Å². The van der Waals surface area contributed by atoms with Gasteiger partial charge in [0.2, 0.25) is 5.91 Å². The number of rotatable bonds is 10. The molecule has 4 aromatic carbocycles. The van der Waals surface area contributed by atoms with Crippen molar-refractivity contribution < 1.29 is 28.7 Å². The van der Waals surface area contributed by atoms with Gasteiger partial charge in [-0.1, -0.05) is 48.5 Å². The Hall–Kier alpha value is -5.09. The van der Waals surface area contributed by atoms with E-state index in [4.69, 9.17) is 9.47 Å². The molecule has 10 heteroatoms. The van der Waals surface area contributed by atoms with Crippen LogP contribution in [0.3, 0.4) is 0 Å². The maximum atomic E-state index is 13.1. The number of thioether (sulfide) groups is 1. The molecule has 0 spiro atoms. The second kappa shape index (κ2) is 13.5. The normalized spacial score (nSPS) is 13.8. The van der Waals surface area contributed by atoms with Crippen LogP contribution in [0.5, 0.6) is 11.5 Å². The average Bonchev–Trinajstić information content (AvgIpc) is 3.26. The first-order chi connectivity index (χ1) is 21.2. The molecular weight excluding hydrogens is 578 g/mol. The van der Waals surface area contributed by atoms with Crippen molar-refractivity contribution in [2.45, 2.75) is 20.8 Å². The summed E-state index contributed by atoms with van der Waals surface area (Å²) in [6, 6.07) is 23.8. The first kappa shape index (κ1) is 30.4. The molecule has 1 heterocycles. The maximum Gasteiger partial charge on any atom is 0.294 e. The number of nitrogens with one attached hydrogen (secondary N) is 2. The fourth-order valence-corrected chi connectivity index (χ4v) is 5.46. The molecule has 1 aliphatic rings. The second-order valence-electron chi connectivity index (χ2n) is 10.1. The summed E-state index contributed by atoms with van der Waals surface area (Å²) in [5.74, 6) is -0.620. The molecule has 0 atom stereocenters. The number of benzene rings is 4. The lowest BCUT2D eigenvalue weighted by Crippen LogP contribution is -2.36. The van der Waals surface area contributed by atoms with Crippen LogP contribution >= 0.6 is 11.8 Å². The van der Waals surface area contributed by atoms with E-state index in [1.54, 1.807) is 30.3 Å². The van der Waals surface area contributed by atoms with Crippen LogP contribution in [0.1, 0.15) is 23.6 Å². The molecule has 0 saturated carbocycles. The summed E-state index contributed by atoms with van der Waals surface area (Å²) in [7, 11) is 0.